The van der Waals surface area contributed by atoms with E-state index >= 15 is 0 Å². The van der Waals surface area contributed by atoms with Gasteiger partial charge >= 0.3 is 0 Å². The van der Waals surface area contributed by atoms with Crippen LogP contribution >= 0.6 is 12.4 Å². The Morgan fingerprint density at radius 1 is 1.31 bits per heavy atom. The number of halogens is 3. The Balaban J connectivity index is 0.000000845. The zero-order valence-electron chi connectivity index (χ0n) is 7.78. The second kappa shape index (κ2) is 3.35. The Bertz CT molecular complexity index is 194. The molecule has 1 aliphatic carbocycles. The third kappa shape index (κ3) is 1.46. The molecule has 1 saturated heterocycles. The Morgan fingerprint density at radius 2 is 1.92 bits per heavy atom. The molecule has 1 saturated carbocycles. The highest BCUT2D eigenvalue weighted by atomic mass is 35.5. The molecule has 2 aliphatic rings. The van der Waals surface area contributed by atoms with E-state index in [4.69, 9.17) is 0 Å². The van der Waals surface area contributed by atoms with Gasteiger partial charge in [-0.05, 0) is 25.7 Å². The molecular formula is C9H16ClF2N. The molecule has 0 bridgehead atoms. The summed E-state index contributed by atoms with van der Waals surface area (Å²) in [6.07, 6.45) is 3.08. The summed E-state index contributed by atoms with van der Waals surface area (Å²) in [5.41, 5.74) is -0.898. The van der Waals surface area contributed by atoms with Gasteiger partial charge in [0.05, 0.1) is 5.54 Å². The van der Waals surface area contributed by atoms with Crippen molar-refractivity contribution in [1.82, 2.24) is 5.32 Å². The minimum atomic E-state index is -2.49. The van der Waals surface area contributed by atoms with Crippen molar-refractivity contribution in [3.8, 4) is 0 Å². The molecule has 0 spiro atoms. The molecule has 1 atom stereocenters. The van der Waals surface area contributed by atoms with Crippen molar-refractivity contribution in [3.63, 3.8) is 0 Å². The van der Waals surface area contributed by atoms with Gasteiger partial charge in [0.25, 0.3) is 5.92 Å². The van der Waals surface area contributed by atoms with Gasteiger partial charge in [0, 0.05) is 13.0 Å². The highest BCUT2D eigenvalue weighted by Gasteiger charge is 2.58. The fourth-order valence-corrected chi connectivity index (χ4v) is 2.30. The van der Waals surface area contributed by atoms with Crippen LogP contribution in [0.2, 0.25) is 0 Å². The molecule has 2 fully saturated rings. The van der Waals surface area contributed by atoms with Crippen LogP contribution in [0.15, 0.2) is 0 Å². The Kier molecular flexibility index (Phi) is 2.89. The first-order chi connectivity index (χ1) is 5.56. The zero-order valence-corrected chi connectivity index (χ0v) is 8.59. The molecule has 4 heteroatoms. The molecule has 1 nitrogen and oxygen atoms in total. The summed E-state index contributed by atoms with van der Waals surface area (Å²) in [5, 5.41) is 2.98. The number of rotatable bonds is 1. The molecule has 1 heterocycles. The van der Waals surface area contributed by atoms with Crippen molar-refractivity contribution in [3.05, 3.63) is 0 Å². The van der Waals surface area contributed by atoms with Crippen molar-refractivity contribution < 1.29 is 8.78 Å². The second-order valence-electron chi connectivity index (χ2n) is 4.21. The monoisotopic (exact) mass is 211 g/mol. The van der Waals surface area contributed by atoms with Crippen molar-refractivity contribution in [2.75, 3.05) is 6.54 Å². The van der Waals surface area contributed by atoms with Crippen molar-refractivity contribution in [1.29, 1.82) is 0 Å². The summed E-state index contributed by atoms with van der Waals surface area (Å²) in [4.78, 5) is 0. The average molecular weight is 212 g/mol. The van der Waals surface area contributed by atoms with E-state index < -0.39 is 11.5 Å². The lowest BCUT2D eigenvalue weighted by Gasteiger charge is -2.43. The molecule has 0 aromatic heterocycles. The van der Waals surface area contributed by atoms with E-state index in [0.29, 0.717) is 6.54 Å². The summed E-state index contributed by atoms with van der Waals surface area (Å²) in [7, 11) is 0. The Morgan fingerprint density at radius 3 is 2.23 bits per heavy atom. The van der Waals surface area contributed by atoms with Crippen LogP contribution < -0.4 is 5.32 Å². The number of hydrogen-bond acceptors (Lipinski definition) is 1. The van der Waals surface area contributed by atoms with Crippen molar-refractivity contribution >= 4 is 12.4 Å². The lowest BCUT2D eigenvalue weighted by atomic mass is 9.69. The van der Waals surface area contributed by atoms with Crippen LogP contribution in [0.4, 0.5) is 8.78 Å². The SMILES string of the molecule is CC1(C2CCC2)NCCC1(F)F.Cl. The van der Waals surface area contributed by atoms with Crippen molar-refractivity contribution in [2.45, 2.75) is 44.1 Å². The van der Waals surface area contributed by atoms with Crippen LogP contribution in [0.1, 0.15) is 32.6 Å². The van der Waals surface area contributed by atoms with E-state index in [1.165, 1.54) is 0 Å². The number of hydrogen-bond donors (Lipinski definition) is 1. The van der Waals surface area contributed by atoms with Gasteiger partial charge in [0.1, 0.15) is 0 Å². The maximum atomic E-state index is 13.4. The van der Waals surface area contributed by atoms with E-state index in [1.54, 1.807) is 6.92 Å². The molecule has 0 radical (unpaired) electrons. The van der Waals surface area contributed by atoms with Crippen molar-refractivity contribution in [2.24, 2.45) is 5.92 Å². The first kappa shape index (κ1) is 11.2. The molecular weight excluding hydrogens is 196 g/mol. The van der Waals surface area contributed by atoms with Gasteiger partial charge in [-0.3, -0.25) is 0 Å². The molecule has 78 valence electrons. The lowest BCUT2D eigenvalue weighted by Crippen LogP contribution is -2.56. The summed E-state index contributed by atoms with van der Waals surface area (Å²) in [6, 6.07) is 0. The fraction of sp³-hybridized carbons (Fsp3) is 1.00. The van der Waals surface area contributed by atoms with Gasteiger partial charge in [-0.2, -0.15) is 0 Å². The van der Waals surface area contributed by atoms with Gasteiger partial charge < -0.3 is 5.32 Å². The van der Waals surface area contributed by atoms with Crippen LogP contribution in [0, 0.1) is 5.92 Å². The minimum Gasteiger partial charge on any atom is -0.306 e. The highest BCUT2D eigenvalue weighted by Crippen LogP contribution is 2.48. The topological polar surface area (TPSA) is 12.0 Å². The highest BCUT2D eigenvalue weighted by molar-refractivity contribution is 5.85. The van der Waals surface area contributed by atoms with Gasteiger partial charge in [-0.1, -0.05) is 6.42 Å². The molecule has 1 unspecified atom stereocenters. The molecule has 1 N–H and O–H groups in total. The van der Waals surface area contributed by atoms with Crippen LogP contribution in [0.5, 0.6) is 0 Å². The number of nitrogens with one attached hydrogen (secondary N) is 1. The maximum absolute atomic E-state index is 13.4. The first-order valence-electron chi connectivity index (χ1n) is 4.69. The third-order valence-corrected chi connectivity index (χ3v) is 3.61. The van der Waals surface area contributed by atoms with E-state index in [-0.39, 0.29) is 24.7 Å². The summed E-state index contributed by atoms with van der Waals surface area (Å²) in [5.74, 6) is -2.28. The lowest BCUT2D eigenvalue weighted by molar-refractivity contribution is -0.0910. The van der Waals surface area contributed by atoms with Gasteiger partial charge in [0.2, 0.25) is 0 Å². The Labute approximate surface area is 83.7 Å². The average Bonchev–Trinajstić information content (AvgIpc) is 2.03. The van der Waals surface area contributed by atoms with E-state index in [2.05, 4.69) is 5.32 Å². The standard InChI is InChI=1S/C9H15F2N.ClH/c1-8(7-3-2-4-7)9(10,11)5-6-12-8;/h7,12H,2-6H2,1H3;1H. The predicted molar refractivity (Wildman–Crippen MR) is 50.6 cm³/mol. The predicted octanol–water partition coefficient (Wildman–Crippen LogP) is 2.60. The molecule has 1 aliphatic heterocycles. The van der Waals surface area contributed by atoms with Crippen LogP contribution in [-0.2, 0) is 0 Å². The third-order valence-electron chi connectivity index (χ3n) is 3.61. The van der Waals surface area contributed by atoms with E-state index in [9.17, 15) is 8.78 Å². The van der Waals surface area contributed by atoms with E-state index in [0.717, 1.165) is 19.3 Å². The quantitative estimate of drug-likeness (QED) is 0.703. The summed E-state index contributed by atoms with van der Waals surface area (Å²) >= 11 is 0. The largest absolute Gasteiger partial charge is 0.306 e. The molecule has 0 aromatic carbocycles. The summed E-state index contributed by atoms with van der Waals surface area (Å²) < 4.78 is 26.8. The maximum Gasteiger partial charge on any atom is 0.267 e. The van der Waals surface area contributed by atoms with Gasteiger partial charge in [-0.15, -0.1) is 12.4 Å². The fourth-order valence-electron chi connectivity index (χ4n) is 2.30. The summed E-state index contributed by atoms with van der Waals surface area (Å²) in [6.45, 7) is 2.16. The molecule has 0 amide bonds. The Hall–Kier alpha value is 0.110. The van der Waals surface area contributed by atoms with Crippen LogP contribution in [0.3, 0.4) is 0 Å². The molecule has 0 aromatic rings. The smallest absolute Gasteiger partial charge is 0.267 e. The number of alkyl halides is 2. The van der Waals surface area contributed by atoms with Crippen LogP contribution in [0.25, 0.3) is 0 Å². The molecule has 2 rings (SSSR count). The van der Waals surface area contributed by atoms with Gasteiger partial charge in [0.15, 0.2) is 0 Å². The minimum absolute atomic E-state index is 0. The van der Waals surface area contributed by atoms with Crippen LogP contribution in [-0.4, -0.2) is 18.0 Å². The second-order valence-corrected chi connectivity index (χ2v) is 4.21. The first-order valence-corrected chi connectivity index (χ1v) is 4.69. The normalized spacial score (nSPS) is 38.1. The molecule has 13 heavy (non-hydrogen) atoms. The van der Waals surface area contributed by atoms with Gasteiger partial charge in [-0.25, -0.2) is 8.78 Å². The van der Waals surface area contributed by atoms with E-state index in [1.807, 2.05) is 0 Å². The zero-order chi connectivity index (χ0) is 8.82.